The fourth-order valence-corrected chi connectivity index (χ4v) is 0.778. The van der Waals surface area contributed by atoms with Crippen molar-refractivity contribution in [1.29, 1.82) is 0 Å². The van der Waals surface area contributed by atoms with E-state index in [0.717, 1.165) is 12.3 Å². The number of nitrogens with zero attached hydrogens (tertiary/aromatic N) is 1. The predicted octanol–water partition coefficient (Wildman–Crippen LogP) is 2.38. The molecule has 0 spiro atoms. The number of hydrogen-bond donors (Lipinski definition) is 1. The summed E-state index contributed by atoms with van der Waals surface area (Å²) in [7, 11) is 0. The van der Waals surface area contributed by atoms with E-state index in [1.807, 2.05) is 0 Å². The third-order valence-corrected chi connectivity index (χ3v) is 1.32. The van der Waals surface area contributed by atoms with Gasteiger partial charge < -0.3 is 5.11 Å². The van der Waals surface area contributed by atoms with Gasteiger partial charge in [0, 0.05) is 0 Å². The summed E-state index contributed by atoms with van der Waals surface area (Å²) in [4.78, 5) is 3.40. The summed E-state index contributed by atoms with van der Waals surface area (Å²) in [5.74, 6) is -0.538. The molecule has 11 heavy (non-hydrogen) atoms. The largest absolute Gasteiger partial charge is 0.506 e. The highest BCUT2D eigenvalue weighted by Crippen LogP contribution is 2.28. The number of aromatic nitrogens is 1. The van der Waals surface area contributed by atoms with Gasteiger partial charge in [0.15, 0.2) is 0 Å². The van der Waals surface area contributed by atoms with Gasteiger partial charge in [-0.25, -0.2) is 13.8 Å². The molecule has 0 saturated heterocycles. The lowest BCUT2D eigenvalue weighted by Gasteiger charge is -2.01. The summed E-state index contributed by atoms with van der Waals surface area (Å²) in [6.07, 6.45) is -1.83. The van der Waals surface area contributed by atoms with Crippen molar-refractivity contribution in [1.82, 2.24) is 4.98 Å². The van der Waals surface area contributed by atoms with Crippen LogP contribution in [0.5, 0.6) is 5.75 Å². The Labute approximate surface area is 66.4 Å². The van der Waals surface area contributed by atoms with Gasteiger partial charge in [0.1, 0.15) is 10.9 Å². The smallest absolute Gasteiger partial charge is 0.267 e. The van der Waals surface area contributed by atoms with Crippen molar-refractivity contribution < 1.29 is 13.9 Å². The van der Waals surface area contributed by atoms with Crippen LogP contribution in [0.2, 0.25) is 5.15 Å². The lowest BCUT2D eigenvalue weighted by molar-refractivity contribution is 0.147. The minimum Gasteiger partial charge on any atom is -0.506 e. The monoisotopic (exact) mass is 179 g/mol. The Morgan fingerprint density at radius 3 is 2.64 bits per heavy atom. The SMILES string of the molecule is Oc1cnc(Cl)cc1C(F)F. The second kappa shape index (κ2) is 3.00. The minimum absolute atomic E-state index is 0.0573. The molecule has 0 amide bonds. The molecule has 0 aromatic carbocycles. The quantitative estimate of drug-likeness (QED) is 0.672. The maximum atomic E-state index is 12.0. The van der Waals surface area contributed by atoms with Crippen molar-refractivity contribution >= 4 is 11.6 Å². The fraction of sp³-hybridized carbons (Fsp3) is 0.167. The van der Waals surface area contributed by atoms with E-state index in [0.29, 0.717) is 0 Å². The lowest BCUT2D eigenvalue weighted by atomic mass is 10.2. The Bertz CT molecular complexity index is 267. The Morgan fingerprint density at radius 1 is 1.55 bits per heavy atom. The summed E-state index contributed by atoms with van der Waals surface area (Å²) < 4.78 is 23.9. The Hall–Kier alpha value is -0.900. The van der Waals surface area contributed by atoms with Crippen LogP contribution >= 0.6 is 11.6 Å². The molecule has 0 atom stereocenters. The number of pyridine rings is 1. The molecule has 1 aromatic rings. The molecule has 1 aromatic heterocycles. The molecule has 1 heterocycles. The van der Waals surface area contributed by atoms with Gasteiger partial charge in [-0.05, 0) is 6.07 Å². The highest BCUT2D eigenvalue weighted by molar-refractivity contribution is 6.29. The van der Waals surface area contributed by atoms with E-state index in [1.54, 1.807) is 0 Å². The average Bonchev–Trinajstić information content (AvgIpc) is 1.94. The highest BCUT2D eigenvalue weighted by Gasteiger charge is 2.12. The fourth-order valence-electron chi connectivity index (χ4n) is 0.612. The first-order chi connectivity index (χ1) is 5.11. The predicted molar refractivity (Wildman–Crippen MR) is 35.9 cm³/mol. The molecule has 0 fully saturated rings. The minimum atomic E-state index is -2.73. The second-order valence-electron chi connectivity index (χ2n) is 1.87. The third kappa shape index (κ3) is 1.77. The molecule has 60 valence electrons. The van der Waals surface area contributed by atoms with Crippen molar-refractivity contribution in [3.63, 3.8) is 0 Å². The summed E-state index contributed by atoms with van der Waals surface area (Å²) in [5.41, 5.74) is -0.495. The molecule has 0 aliphatic rings. The van der Waals surface area contributed by atoms with E-state index in [4.69, 9.17) is 16.7 Å². The highest BCUT2D eigenvalue weighted by atomic mass is 35.5. The standard InChI is InChI=1S/C6H4ClF2NO/c7-5-1-3(6(8)9)4(11)2-10-5/h1-2,6,11H. The van der Waals surface area contributed by atoms with Crippen LogP contribution in [0.25, 0.3) is 0 Å². The molecular formula is C6H4ClF2NO. The molecule has 0 aliphatic carbocycles. The Balaban J connectivity index is 3.13. The first-order valence-electron chi connectivity index (χ1n) is 2.74. The molecule has 0 radical (unpaired) electrons. The average molecular weight is 180 g/mol. The third-order valence-electron chi connectivity index (χ3n) is 1.12. The van der Waals surface area contributed by atoms with E-state index in [-0.39, 0.29) is 5.15 Å². The van der Waals surface area contributed by atoms with Gasteiger partial charge in [-0.3, -0.25) is 0 Å². The van der Waals surface area contributed by atoms with Gasteiger partial charge in [0.25, 0.3) is 6.43 Å². The number of halogens is 3. The zero-order chi connectivity index (χ0) is 8.43. The van der Waals surface area contributed by atoms with Gasteiger partial charge in [-0.15, -0.1) is 0 Å². The summed E-state index contributed by atoms with van der Waals surface area (Å²) in [6.45, 7) is 0. The molecule has 5 heteroatoms. The van der Waals surface area contributed by atoms with Gasteiger partial charge >= 0.3 is 0 Å². The molecule has 1 rings (SSSR count). The maximum Gasteiger partial charge on any atom is 0.267 e. The van der Waals surface area contributed by atoms with Crippen LogP contribution < -0.4 is 0 Å². The zero-order valence-corrected chi connectivity index (χ0v) is 6.02. The van der Waals surface area contributed by atoms with Crippen LogP contribution in [0.15, 0.2) is 12.3 Å². The van der Waals surface area contributed by atoms with Crippen LogP contribution in [0.1, 0.15) is 12.0 Å². The van der Waals surface area contributed by atoms with E-state index in [1.165, 1.54) is 0 Å². The van der Waals surface area contributed by atoms with Crippen molar-refractivity contribution in [2.75, 3.05) is 0 Å². The van der Waals surface area contributed by atoms with Crippen molar-refractivity contribution in [3.8, 4) is 5.75 Å². The number of rotatable bonds is 1. The topological polar surface area (TPSA) is 33.1 Å². The summed E-state index contributed by atoms with van der Waals surface area (Å²) in [5, 5.41) is 8.75. The van der Waals surface area contributed by atoms with E-state index >= 15 is 0 Å². The van der Waals surface area contributed by atoms with Crippen molar-refractivity contribution in [2.24, 2.45) is 0 Å². The Kier molecular flexibility index (Phi) is 2.24. The van der Waals surface area contributed by atoms with E-state index < -0.39 is 17.7 Å². The van der Waals surface area contributed by atoms with Gasteiger partial charge in [0.05, 0.1) is 11.8 Å². The maximum absolute atomic E-state index is 12.0. The molecule has 0 aliphatic heterocycles. The first-order valence-corrected chi connectivity index (χ1v) is 3.11. The van der Waals surface area contributed by atoms with Gasteiger partial charge in [-0.2, -0.15) is 0 Å². The zero-order valence-electron chi connectivity index (χ0n) is 5.26. The van der Waals surface area contributed by atoms with Gasteiger partial charge in [-0.1, -0.05) is 11.6 Å². The number of alkyl halides is 2. The van der Waals surface area contributed by atoms with E-state index in [2.05, 4.69) is 4.98 Å². The molecule has 0 saturated carbocycles. The van der Waals surface area contributed by atoms with Crippen LogP contribution in [-0.2, 0) is 0 Å². The normalized spacial score (nSPS) is 10.5. The molecular weight excluding hydrogens is 176 g/mol. The second-order valence-corrected chi connectivity index (χ2v) is 2.25. The Morgan fingerprint density at radius 2 is 2.18 bits per heavy atom. The molecule has 2 nitrogen and oxygen atoms in total. The summed E-state index contributed by atoms with van der Waals surface area (Å²) in [6, 6.07) is 0.932. The lowest BCUT2D eigenvalue weighted by Crippen LogP contribution is -1.86. The van der Waals surface area contributed by atoms with Crippen LogP contribution in [0, 0.1) is 0 Å². The van der Waals surface area contributed by atoms with Crippen LogP contribution in [0.3, 0.4) is 0 Å². The number of hydrogen-bond acceptors (Lipinski definition) is 2. The molecule has 0 unspecified atom stereocenters. The number of aromatic hydroxyl groups is 1. The first kappa shape index (κ1) is 8.20. The van der Waals surface area contributed by atoms with Gasteiger partial charge in [0.2, 0.25) is 0 Å². The van der Waals surface area contributed by atoms with Crippen LogP contribution in [0.4, 0.5) is 8.78 Å². The van der Waals surface area contributed by atoms with Crippen molar-refractivity contribution in [3.05, 3.63) is 23.0 Å². The molecule has 0 bridgehead atoms. The van der Waals surface area contributed by atoms with Crippen molar-refractivity contribution in [2.45, 2.75) is 6.43 Å². The molecule has 1 N–H and O–H groups in total. The van der Waals surface area contributed by atoms with E-state index in [9.17, 15) is 8.78 Å². The van der Waals surface area contributed by atoms with Crippen LogP contribution in [-0.4, -0.2) is 10.1 Å². The summed E-state index contributed by atoms with van der Waals surface area (Å²) >= 11 is 5.31.